The van der Waals surface area contributed by atoms with Crippen LogP contribution in [0.15, 0.2) is 48.5 Å². The van der Waals surface area contributed by atoms with Gasteiger partial charge in [0, 0.05) is 18.1 Å². The first-order valence-corrected chi connectivity index (χ1v) is 13.6. The van der Waals surface area contributed by atoms with E-state index in [-0.39, 0.29) is 52.7 Å². The van der Waals surface area contributed by atoms with E-state index in [0.717, 1.165) is 12.1 Å². The van der Waals surface area contributed by atoms with Crippen LogP contribution in [-0.4, -0.2) is 41.8 Å². The molecule has 1 aliphatic carbocycles. The number of hydrogen-bond donors (Lipinski definition) is 4. The smallest absolute Gasteiger partial charge is 0.480 e. The van der Waals surface area contributed by atoms with Crippen LogP contribution in [-0.2, 0) is 4.79 Å². The highest BCUT2D eigenvalue weighted by Gasteiger charge is 2.36. The van der Waals surface area contributed by atoms with Crippen molar-refractivity contribution in [2.24, 2.45) is 11.8 Å². The first-order valence-electron chi connectivity index (χ1n) is 12.9. The van der Waals surface area contributed by atoms with Gasteiger partial charge in [-0.25, -0.2) is 18.4 Å². The molecule has 0 aromatic heterocycles. The molecule has 8 nitrogen and oxygen atoms in total. The molecule has 43 heavy (non-hydrogen) atoms. The summed E-state index contributed by atoms with van der Waals surface area (Å²) in [7, 11) is 0. The van der Waals surface area contributed by atoms with Gasteiger partial charge in [0.15, 0.2) is 0 Å². The molecule has 4 rings (SSSR count). The van der Waals surface area contributed by atoms with Gasteiger partial charge >= 0.3 is 18.4 Å². The van der Waals surface area contributed by atoms with Gasteiger partial charge in [-0.3, -0.25) is 4.79 Å². The highest BCUT2D eigenvalue weighted by molar-refractivity contribution is 6.40. The van der Waals surface area contributed by atoms with E-state index in [1.54, 1.807) is 24.3 Å². The molecule has 3 amide bonds. The van der Waals surface area contributed by atoms with Crippen molar-refractivity contribution < 1.29 is 46.2 Å². The van der Waals surface area contributed by atoms with Crippen molar-refractivity contribution in [3.05, 3.63) is 64.1 Å². The normalized spacial score (nSPS) is 17.8. The molecule has 15 heteroatoms. The molecule has 1 atom stereocenters. The maximum absolute atomic E-state index is 13.4. The second kappa shape index (κ2) is 13.2. The van der Waals surface area contributed by atoms with Crippen LogP contribution in [0.25, 0.3) is 10.8 Å². The number of urea groups is 1. The maximum atomic E-state index is 13.4. The SMILES string of the molecule is O=C(Nc1cc2ccccc2cc1C(=O)NC(C(=O)O)[C@H]1CC[C@H](C(F)F)CC1)Nc1c(Cl)cc(OC(F)(F)F)cc1Cl. The summed E-state index contributed by atoms with van der Waals surface area (Å²) in [6.45, 7) is 0. The first kappa shape index (κ1) is 32.1. The van der Waals surface area contributed by atoms with Gasteiger partial charge in [0.1, 0.15) is 11.8 Å². The van der Waals surface area contributed by atoms with Crippen molar-refractivity contribution >= 4 is 63.3 Å². The number of halogens is 7. The number of aliphatic carboxylic acids is 1. The number of carboxylic acids is 1. The van der Waals surface area contributed by atoms with Gasteiger partial charge in [0.05, 0.1) is 27.0 Å². The van der Waals surface area contributed by atoms with E-state index >= 15 is 0 Å². The second-order valence-corrected chi connectivity index (χ2v) is 10.7. The number of alkyl halides is 5. The van der Waals surface area contributed by atoms with Gasteiger partial charge in [-0.15, -0.1) is 13.2 Å². The molecule has 230 valence electrons. The minimum atomic E-state index is -5.00. The molecule has 3 aromatic carbocycles. The molecule has 1 fully saturated rings. The average molecular weight is 648 g/mol. The van der Waals surface area contributed by atoms with Crippen LogP contribution >= 0.6 is 23.2 Å². The monoisotopic (exact) mass is 647 g/mol. The van der Waals surface area contributed by atoms with Crippen LogP contribution in [0.3, 0.4) is 0 Å². The third kappa shape index (κ3) is 8.17. The Labute approximate surface area is 251 Å². The Morgan fingerprint density at radius 3 is 1.98 bits per heavy atom. The zero-order valence-corrected chi connectivity index (χ0v) is 23.5. The molecule has 1 saturated carbocycles. The van der Waals surface area contributed by atoms with E-state index in [1.807, 2.05) is 0 Å². The number of nitrogens with one attached hydrogen (secondary N) is 3. The summed E-state index contributed by atoms with van der Waals surface area (Å²) in [5.41, 5.74) is -0.386. The largest absolute Gasteiger partial charge is 0.573 e. The minimum absolute atomic E-state index is 0.0384. The number of rotatable bonds is 8. The van der Waals surface area contributed by atoms with Crippen molar-refractivity contribution in [2.75, 3.05) is 10.6 Å². The van der Waals surface area contributed by atoms with Crippen molar-refractivity contribution in [1.29, 1.82) is 0 Å². The Morgan fingerprint density at radius 1 is 0.884 bits per heavy atom. The molecule has 1 aliphatic rings. The van der Waals surface area contributed by atoms with Crippen LogP contribution in [0.5, 0.6) is 5.75 Å². The lowest BCUT2D eigenvalue weighted by Crippen LogP contribution is -2.47. The molecule has 4 N–H and O–H groups in total. The van der Waals surface area contributed by atoms with Gasteiger partial charge in [-0.2, -0.15) is 0 Å². The Kier molecular flexibility index (Phi) is 9.86. The van der Waals surface area contributed by atoms with Crippen molar-refractivity contribution in [3.63, 3.8) is 0 Å². The van der Waals surface area contributed by atoms with Gasteiger partial charge in [0.2, 0.25) is 6.43 Å². The summed E-state index contributed by atoms with van der Waals surface area (Å²) in [6.07, 6.45) is -6.89. The molecule has 0 bridgehead atoms. The number of carboxylic acid groups (broad SMARTS) is 1. The van der Waals surface area contributed by atoms with Gasteiger partial charge in [-0.1, -0.05) is 47.5 Å². The summed E-state index contributed by atoms with van der Waals surface area (Å²) < 4.78 is 67.7. The standard InChI is InChI=1S/C28H24Cl2F5N3O5/c29-19-11-17(43-28(33,34)35)12-20(30)23(19)38-27(42)36-21-10-16-4-2-1-3-15(16)9-18(21)25(39)37-22(26(40)41)13-5-7-14(8-6-13)24(31)32/h1-4,9-14,22,24H,5-8H2,(H,37,39)(H,40,41)(H2,36,38,42)/t13-,14-,22?. The number of carbonyl (C=O) groups is 3. The van der Waals surface area contributed by atoms with Crippen LogP contribution in [0.1, 0.15) is 36.0 Å². The molecule has 1 unspecified atom stereocenters. The fourth-order valence-electron chi connectivity index (χ4n) is 4.99. The number of amides is 3. The molecule has 0 aliphatic heterocycles. The van der Waals surface area contributed by atoms with Gasteiger partial charge < -0.3 is 25.8 Å². The maximum Gasteiger partial charge on any atom is 0.573 e. The molecule has 0 saturated heterocycles. The van der Waals surface area contributed by atoms with Crippen LogP contribution in [0.4, 0.5) is 38.1 Å². The summed E-state index contributed by atoms with van der Waals surface area (Å²) >= 11 is 12.0. The lowest BCUT2D eigenvalue weighted by molar-refractivity contribution is -0.274. The van der Waals surface area contributed by atoms with Crippen molar-refractivity contribution in [2.45, 2.75) is 44.5 Å². The molecular formula is C28H24Cl2F5N3O5. The summed E-state index contributed by atoms with van der Waals surface area (Å²) in [6, 6.07) is 8.99. The fraction of sp³-hybridized carbons (Fsp3) is 0.321. The number of ether oxygens (including phenoxy) is 1. The summed E-state index contributed by atoms with van der Waals surface area (Å²) in [4.78, 5) is 38.4. The van der Waals surface area contributed by atoms with E-state index in [2.05, 4.69) is 20.7 Å². The predicted molar refractivity (Wildman–Crippen MR) is 150 cm³/mol. The summed E-state index contributed by atoms with van der Waals surface area (Å²) in [5, 5.41) is 17.6. The first-order chi connectivity index (χ1) is 20.2. The zero-order chi connectivity index (χ0) is 31.5. The number of hydrogen-bond acceptors (Lipinski definition) is 4. The molecule has 0 heterocycles. The molecular weight excluding hydrogens is 624 g/mol. The van der Waals surface area contributed by atoms with Gasteiger partial charge in [0.25, 0.3) is 5.91 Å². The minimum Gasteiger partial charge on any atom is -0.480 e. The van der Waals surface area contributed by atoms with Crippen LogP contribution < -0.4 is 20.7 Å². The van der Waals surface area contributed by atoms with Crippen molar-refractivity contribution in [1.82, 2.24) is 5.32 Å². The highest BCUT2D eigenvalue weighted by atomic mass is 35.5. The topological polar surface area (TPSA) is 117 Å². The Morgan fingerprint density at radius 2 is 1.44 bits per heavy atom. The zero-order valence-electron chi connectivity index (χ0n) is 22.0. The average Bonchev–Trinajstić information content (AvgIpc) is 2.92. The predicted octanol–water partition coefficient (Wildman–Crippen LogP) is 7.94. The number of benzene rings is 3. The van der Waals surface area contributed by atoms with Crippen LogP contribution in [0.2, 0.25) is 10.0 Å². The van der Waals surface area contributed by atoms with Crippen LogP contribution in [0, 0.1) is 11.8 Å². The molecule has 0 spiro atoms. The quantitative estimate of drug-likeness (QED) is 0.185. The highest BCUT2D eigenvalue weighted by Crippen LogP contribution is 2.37. The van der Waals surface area contributed by atoms with E-state index in [1.165, 1.54) is 12.1 Å². The summed E-state index contributed by atoms with van der Waals surface area (Å²) in [5.74, 6) is -4.28. The Balaban J connectivity index is 1.57. The Bertz CT molecular complexity index is 1510. The van der Waals surface area contributed by atoms with E-state index < -0.39 is 54.3 Å². The van der Waals surface area contributed by atoms with Crippen molar-refractivity contribution in [3.8, 4) is 5.75 Å². The number of carbonyl (C=O) groups excluding carboxylic acids is 2. The number of fused-ring (bicyclic) bond motifs is 1. The van der Waals surface area contributed by atoms with E-state index in [0.29, 0.717) is 10.8 Å². The molecule has 0 radical (unpaired) electrons. The number of anilines is 2. The van der Waals surface area contributed by atoms with E-state index in [9.17, 15) is 41.4 Å². The van der Waals surface area contributed by atoms with Gasteiger partial charge in [-0.05, 0) is 54.5 Å². The second-order valence-electron chi connectivity index (χ2n) is 9.93. The third-order valence-corrected chi connectivity index (χ3v) is 7.66. The third-order valence-electron chi connectivity index (χ3n) is 7.06. The lowest BCUT2D eigenvalue weighted by atomic mass is 9.78. The Hall–Kier alpha value is -3.84. The van der Waals surface area contributed by atoms with E-state index in [4.69, 9.17) is 23.2 Å². The molecule has 3 aromatic rings. The fourth-order valence-corrected chi connectivity index (χ4v) is 5.55. The lowest BCUT2D eigenvalue weighted by Gasteiger charge is -2.32.